The molecule has 1 aromatic heterocycles. The van der Waals surface area contributed by atoms with Gasteiger partial charge in [-0.15, -0.1) is 11.3 Å². The van der Waals surface area contributed by atoms with E-state index in [1.165, 1.54) is 4.88 Å². The maximum absolute atomic E-state index is 12.7. The summed E-state index contributed by atoms with van der Waals surface area (Å²) in [4.78, 5) is 18.4. The minimum absolute atomic E-state index is 0.0960. The van der Waals surface area contributed by atoms with Crippen LogP contribution in [0.25, 0.3) is 0 Å². The largest absolute Gasteiger partial charge is 0.330 e. The van der Waals surface area contributed by atoms with Crippen molar-refractivity contribution in [1.29, 1.82) is 0 Å². The summed E-state index contributed by atoms with van der Waals surface area (Å²) >= 11 is 1.73. The number of amides is 2. The molecule has 3 rings (SSSR count). The van der Waals surface area contributed by atoms with Gasteiger partial charge in [0, 0.05) is 37.1 Å². The first-order valence-electron chi connectivity index (χ1n) is 8.61. The van der Waals surface area contributed by atoms with Gasteiger partial charge < -0.3 is 10.2 Å². The molecule has 0 radical (unpaired) electrons. The van der Waals surface area contributed by atoms with Gasteiger partial charge in [0.2, 0.25) is 0 Å². The Morgan fingerprint density at radius 2 is 2.17 bits per heavy atom. The van der Waals surface area contributed by atoms with E-state index in [1.54, 1.807) is 11.3 Å². The number of rotatable bonds is 5. The van der Waals surface area contributed by atoms with Gasteiger partial charge in [-0.05, 0) is 30.2 Å². The van der Waals surface area contributed by atoms with Crippen molar-refractivity contribution in [2.75, 3.05) is 26.2 Å². The van der Waals surface area contributed by atoms with Crippen molar-refractivity contribution in [2.24, 2.45) is 5.92 Å². The zero-order valence-corrected chi connectivity index (χ0v) is 14.9. The van der Waals surface area contributed by atoms with Gasteiger partial charge in [-0.2, -0.15) is 0 Å². The van der Waals surface area contributed by atoms with Gasteiger partial charge in [-0.1, -0.05) is 32.1 Å². The molecule has 2 aliphatic rings. The molecule has 3 heterocycles. The predicted octanol–water partition coefficient (Wildman–Crippen LogP) is 3.49. The zero-order chi connectivity index (χ0) is 16.2. The fraction of sp³-hybridized carbons (Fsp3) is 0.611. The second kappa shape index (κ2) is 7.49. The maximum atomic E-state index is 12.7. The van der Waals surface area contributed by atoms with Crippen molar-refractivity contribution in [1.82, 2.24) is 15.1 Å². The molecule has 5 heteroatoms. The van der Waals surface area contributed by atoms with E-state index >= 15 is 0 Å². The molecule has 0 saturated carbocycles. The van der Waals surface area contributed by atoms with Crippen molar-refractivity contribution in [3.05, 3.63) is 34.5 Å². The average Bonchev–Trinajstić information content (AvgIpc) is 3.25. The van der Waals surface area contributed by atoms with Crippen LogP contribution in [0.2, 0.25) is 0 Å². The maximum Gasteiger partial charge on any atom is 0.317 e. The second-order valence-electron chi connectivity index (χ2n) is 6.96. The predicted molar refractivity (Wildman–Crippen MR) is 95.7 cm³/mol. The third-order valence-electron chi connectivity index (χ3n) is 4.70. The van der Waals surface area contributed by atoms with Gasteiger partial charge in [-0.3, -0.25) is 4.90 Å². The Balaban J connectivity index is 1.56. The molecule has 0 bridgehead atoms. The van der Waals surface area contributed by atoms with Crippen LogP contribution in [0, 0.1) is 5.92 Å². The van der Waals surface area contributed by atoms with E-state index < -0.39 is 0 Å². The van der Waals surface area contributed by atoms with Gasteiger partial charge >= 0.3 is 6.03 Å². The highest BCUT2D eigenvalue weighted by atomic mass is 32.1. The summed E-state index contributed by atoms with van der Waals surface area (Å²) in [5, 5.41) is 5.35. The fourth-order valence-corrected chi connectivity index (χ4v) is 4.26. The molecule has 126 valence electrons. The quantitative estimate of drug-likeness (QED) is 0.837. The Hall–Kier alpha value is -1.33. The van der Waals surface area contributed by atoms with E-state index in [4.69, 9.17) is 0 Å². The van der Waals surface area contributed by atoms with Gasteiger partial charge in [0.25, 0.3) is 0 Å². The number of hydrogen-bond donors (Lipinski definition) is 1. The highest BCUT2D eigenvalue weighted by molar-refractivity contribution is 7.10. The van der Waals surface area contributed by atoms with Gasteiger partial charge in [0.15, 0.2) is 0 Å². The van der Waals surface area contributed by atoms with E-state index in [0.717, 1.165) is 39.0 Å². The Bertz CT molecular complexity index is 532. The minimum Gasteiger partial charge on any atom is -0.330 e. The van der Waals surface area contributed by atoms with E-state index in [-0.39, 0.29) is 12.1 Å². The first kappa shape index (κ1) is 16.5. The molecule has 4 nitrogen and oxygen atoms in total. The molecule has 1 aromatic rings. The monoisotopic (exact) mass is 333 g/mol. The Morgan fingerprint density at radius 3 is 2.83 bits per heavy atom. The average molecular weight is 334 g/mol. The summed E-state index contributed by atoms with van der Waals surface area (Å²) in [7, 11) is 0. The third-order valence-corrected chi connectivity index (χ3v) is 5.69. The molecule has 2 aliphatic heterocycles. The first-order valence-corrected chi connectivity index (χ1v) is 9.49. The van der Waals surface area contributed by atoms with Crippen molar-refractivity contribution in [2.45, 2.75) is 38.8 Å². The van der Waals surface area contributed by atoms with Crippen LogP contribution in [-0.4, -0.2) is 48.1 Å². The lowest BCUT2D eigenvalue weighted by atomic mass is 10.0. The van der Waals surface area contributed by atoms with Crippen molar-refractivity contribution in [3.8, 4) is 0 Å². The molecule has 2 amide bonds. The van der Waals surface area contributed by atoms with Crippen molar-refractivity contribution >= 4 is 17.4 Å². The van der Waals surface area contributed by atoms with Crippen LogP contribution >= 0.6 is 11.3 Å². The summed E-state index contributed by atoms with van der Waals surface area (Å²) in [5.41, 5.74) is 0. The van der Waals surface area contributed by atoms with Crippen LogP contribution in [0.4, 0.5) is 4.79 Å². The van der Waals surface area contributed by atoms with Crippen LogP contribution in [0.15, 0.2) is 29.7 Å². The number of nitrogens with zero attached hydrogens (tertiary/aromatic N) is 2. The third kappa shape index (κ3) is 4.15. The molecule has 2 atom stereocenters. The fourth-order valence-electron chi connectivity index (χ4n) is 3.46. The van der Waals surface area contributed by atoms with Crippen molar-refractivity contribution < 1.29 is 4.79 Å². The lowest BCUT2D eigenvalue weighted by Gasteiger charge is -2.26. The zero-order valence-electron chi connectivity index (χ0n) is 14.1. The molecule has 0 aromatic carbocycles. The molecule has 0 aliphatic carbocycles. The standard InChI is InChI=1S/C18H27N3OS/c1-14(2)12-16(17-6-5-11-23-17)19-18(22)21-10-7-15(13-21)20-8-3-4-9-20/h3-6,11,14-16H,7-10,12-13H2,1-2H3,(H,19,22)/t15-,16+/m1/s1. The molecular weight excluding hydrogens is 306 g/mol. The number of thiophene rings is 1. The van der Waals surface area contributed by atoms with Gasteiger partial charge in [-0.25, -0.2) is 4.79 Å². The second-order valence-corrected chi connectivity index (χ2v) is 7.94. The van der Waals surface area contributed by atoms with E-state index in [0.29, 0.717) is 12.0 Å². The highest BCUT2D eigenvalue weighted by Gasteiger charge is 2.31. The summed E-state index contributed by atoms with van der Waals surface area (Å²) in [6, 6.07) is 4.93. The minimum atomic E-state index is 0.0960. The SMILES string of the molecule is CC(C)C[C@H](NC(=O)N1CC[C@@H](N2CC=CC2)C1)c1cccs1. The molecule has 0 spiro atoms. The molecule has 1 saturated heterocycles. The normalized spacial score (nSPS) is 22.9. The number of hydrogen-bond acceptors (Lipinski definition) is 3. The molecule has 1 fully saturated rings. The number of likely N-dealkylation sites (tertiary alicyclic amines) is 1. The molecule has 1 N–H and O–H groups in total. The van der Waals surface area contributed by atoms with Gasteiger partial charge in [0.1, 0.15) is 0 Å². The summed E-state index contributed by atoms with van der Waals surface area (Å²) in [5.74, 6) is 0.560. The lowest BCUT2D eigenvalue weighted by molar-refractivity contribution is 0.195. The van der Waals surface area contributed by atoms with E-state index in [1.807, 2.05) is 4.90 Å². The van der Waals surface area contributed by atoms with E-state index in [2.05, 4.69) is 53.7 Å². The molecule has 0 unspecified atom stereocenters. The van der Waals surface area contributed by atoms with Crippen LogP contribution in [-0.2, 0) is 0 Å². The molecule has 23 heavy (non-hydrogen) atoms. The Labute approximate surface area is 143 Å². The van der Waals surface area contributed by atoms with Crippen LogP contribution in [0.3, 0.4) is 0 Å². The lowest BCUT2D eigenvalue weighted by Crippen LogP contribution is -2.43. The topological polar surface area (TPSA) is 35.6 Å². The van der Waals surface area contributed by atoms with Crippen molar-refractivity contribution in [3.63, 3.8) is 0 Å². The van der Waals surface area contributed by atoms with Gasteiger partial charge in [0.05, 0.1) is 6.04 Å². The number of carbonyl (C=O) groups excluding carboxylic acids is 1. The number of urea groups is 1. The molecular formula is C18H27N3OS. The Kier molecular flexibility index (Phi) is 5.38. The van der Waals surface area contributed by atoms with E-state index in [9.17, 15) is 4.79 Å². The number of nitrogens with one attached hydrogen (secondary N) is 1. The van der Waals surface area contributed by atoms with Crippen LogP contribution < -0.4 is 5.32 Å². The van der Waals surface area contributed by atoms with Crippen LogP contribution in [0.1, 0.15) is 37.6 Å². The summed E-state index contributed by atoms with van der Waals surface area (Å²) in [6.45, 7) is 8.20. The highest BCUT2D eigenvalue weighted by Crippen LogP contribution is 2.26. The number of carbonyl (C=O) groups is 1. The summed E-state index contributed by atoms with van der Waals surface area (Å²) in [6.07, 6.45) is 6.51. The smallest absolute Gasteiger partial charge is 0.317 e. The Morgan fingerprint density at radius 1 is 1.39 bits per heavy atom. The first-order chi connectivity index (χ1) is 11.1. The summed E-state index contributed by atoms with van der Waals surface area (Å²) < 4.78 is 0. The van der Waals surface area contributed by atoms with Crippen LogP contribution in [0.5, 0.6) is 0 Å².